The molecule has 1 aliphatic rings. The van der Waals surface area contributed by atoms with E-state index in [1.54, 1.807) is 26.0 Å². The number of carbonyl (C=O) groups is 2. The minimum absolute atomic E-state index is 0.118. The molecule has 0 spiro atoms. The monoisotopic (exact) mass is 266 g/mol. The highest BCUT2D eigenvalue weighted by Crippen LogP contribution is 2.18. The Morgan fingerprint density at radius 1 is 1.63 bits per heavy atom. The first-order valence-electron chi connectivity index (χ1n) is 6.20. The molecule has 19 heavy (non-hydrogen) atoms. The molecule has 0 aromatic carbocycles. The molecule has 1 aromatic heterocycles. The lowest BCUT2D eigenvalue weighted by molar-refractivity contribution is -0.143. The second-order valence-electron chi connectivity index (χ2n) is 5.31. The third kappa shape index (κ3) is 2.96. The first-order chi connectivity index (χ1) is 8.90. The van der Waals surface area contributed by atoms with Crippen LogP contribution < -0.4 is 5.32 Å². The average molecular weight is 266 g/mol. The van der Waals surface area contributed by atoms with Gasteiger partial charge in [-0.25, -0.2) is 0 Å². The van der Waals surface area contributed by atoms with Gasteiger partial charge in [-0.3, -0.25) is 9.59 Å². The number of carboxylic acids is 1. The minimum Gasteiger partial charge on any atom is -0.481 e. The number of furan rings is 1. The number of rotatable bonds is 3. The van der Waals surface area contributed by atoms with Gasteiger partial charge in [-0.2, -0.15) is 0 Å². The number of hydrogen-bond acceptors (Lipinski definition) is 4. The molecule has 1 aliphatic heterocycles. The van der Waals surface area contributed by atoms with E-state index in [1.165, 1.54) is 11.2 Å². The standard InChI is InChI=1S/C13H18N2O4/c1-13(2)12(18)15(8-10-4-3-5-19-10)7-9(6-14-13)11(16)17/h3-5,9,14H,6-8H2,1-2H3,(H,16,17). The fourth-order valence-electron chi connectivity index (χ4n) is 2.16. The fraction of sp³-hybridized carbons (Fsp3) is 0.538. The summed E-state index contributed by atoms with van der Waals surface area (Å²) >= 11 is 0. The number of carboxylic acid groups (broad SMARTS) is 1. The van der Waals surface area contributed by atoms with E-state index < -0.39 is 17.4 Å². The van der Waals surface area contributed by atoms with Crippen molar-refractivity contribution >= 4 is 11.9 Å². The van der Waals surface area contributed by atoms with Crippen LogP contribution in [0.3, 0.4) is 0 Å². The molecular formula is C13H18N2O4. The topological polar surface area (TPSA) is 82.8 Å². The van der Waals surface area contributed by atoms with Crippen LogP contribution in [0.15, 0.2) is 22.8 Å². The van der Waals surface area contributed by atoms with E-state index in [2.05, 4.69) is 5.32 Å². The van der Waals surface area contributed by atoms with Gasteiger partial charge in [0.15, 0.2) is 0 Å². The summed E-state index contributed by atoms with van der Waals surface area (Å²) in [7, 11) is 0. The number of carbonyl (C=O) groups excluding carboxylic acids is 1. The molecule has 1 atom stereocenters. The zero-order valence-corrected chi connectivity index (χ0v) is 11.0. The molecule has 1 fully saturated rings. The lowest BCUT2D eigenvalue weighted by Gasteiger charge is -2.28. The third-order valence-corrected chi connectivity index (χ3v) is 3.33. The van der Waals surface area contributed by atoms with Crippen molar-refractivity contribution in [2.45, 2.75) is 25.9 Å². The van der Waals surface area contributed by atoms with Gasteiger partial charge in [0.2, 0.25) is 5.91 Å². The van der Waals surface area contributed by atoms with Crippen LogP contribution in [-0.2, 0) is 16.1 Å². The first kappa shape index (κ1) is 13.6. The van der Waals surface area contributed by atoms with Gasteiger partial charge < -0.3 is 19.7 Å². The van der Waals surface area contributed by atoms with Crippen LogP contribution in [0.1, 0.15) is 19.6 Å². The molecule has 2 N–H and O–H groups in total. The molecule has 1 aromatic rings. The van der Waals surface area contributed by atoms with E-state index >= 15 is 0 Å². The maximum atomic E-state index is 12.4. The lowest BCUT2D eigenvalue weighted by atomic mass is 10.0. The molecule has 6 nitrogen and oxygen atoms in total. The summed E-state index contributed by atoms with van der Waals surface area (Å²) in [4.78, 5) is 25.1. The number of nitrogens with zero attached hydrogens (tertiary/aromatic N) is 1. The molecule has 6 heteroatoms. The molecular weight excluding hydrogens is 248 g/mol. The van der Waals surface area contributed by atoms with Crippen LogP contribution in [0.4, 0.5) is 0 Å². The summed E-state index contributed by atoms with van der Waals surface area (Å²) in [5.41, 5.74) is -0.767. The van der Waals surface area contributed by atoms with Gasteiger partial charge in [0.25, 0.3) is 0 Å². The Bertz CT molecular complexity index is 467. The van der Waals surface area contributed by atoms with E-state index in [-0.39, 0.29) is 19.0 Å². The Kier molecular flexibility index (Phi) is 3.61. The molecule has 1 amide bonds. The zero-order valence-electron chi connectivity index (χ0n) is 11.0. The maximum Gasteiger partial charge on any atom is 0.309 e. The third-order valence-electron chi connectivity index (χ3n) is 3.33. The highest BCUT2D eigenvalue weighted by molar-refractivity contribution is 5.86. The van der Waals surface area contributed by atoms with Gasteiger partial charge in [0.05, 0.1) is 24.3 Å². The van der Waals surface area contributed by atoms with E-state index in [9.17, 15) is 9.59 Å². The van der Waals surface area contributed by atoms with Crippen molar-refractivity contribution in [2.75, 3.05) is 13.1 Å². The van der Waals surface area contributed by atoms with Crippen LogP contribution in [0, 0.1) is 5.92 Å². The van der Waals surface area contributed by atoms with Crippen molar-refractivity contribution in [1.29, 1.82) is 0 Å². The molecule has 0 aliphatic carbocycles. The fourth-order valence-corrected chi connectivity index (χ4v) is 2.16. The lowest BCUT2D eigenvalue weighted by Crippen LogP contribution is -2.51. The average Bonchev–Trinajstić information content (AvgIpc) is 2.80. The predicted molar refractivity (Wildman–Crippen MR) is 67.3 cm³/mol. The van der Waals surface area contributed by atoms with E-state index in [1.807, 2.05) is 0 Å². The molecule has 0 radical (unpaired) electrons. The van der Waals surface area contributed by atoms with Gasteiger partial charge in [-0.1, -0.05) is 0 Å². The Morgan fingerprint density at radius 3 is 2.95 bits per heavy atom. The normalized spacial score (nSPS) is 23.2. The van der Waals surface area contributed by atoms with Crippen LogP contribution in [0.5, 0.6) is 0 Å². The van der Waals surface area contributed by atoms with Crippen LogP contribution in [-0.4, -0.2) is 40.5 Å². The Morgan fingerprint density at radius 2 is 2.37 bits per heavy atom. The second kappa shape index (κ2) is 5.05. The molecule has 0 saturated carbocycles. The number of amides is 1. The smallest absolute Gasteiger partial charge is 0.309 e. The van der Waals surface area contributed by atoms with Crippen molar-refractivity contribution in [1.82, 2.24) is 10.2 Å². The first-order valence-corrected chi connectivity index (χ1v) is 6.20. The van der Waals surface area contributed by atoms with Crippen molar-refractivity contribution in [3.63, 3.8) is 0 Å². The van der Waals surface area contributed by atoms with Crippen LogP contribution >= 0.6 is 0 Å². The molecule has 0 bridgehead atoms. The van der Waals surface area contributed by atoms with Crippen molar-refractivity contribution in [3.8, 4) is 0 Å². The molecule has 1 saturated heterocycles. The van der Waals surface area contributed by atoms with E-state index in [0.717, 1.165) is 0 Å². The van der Waals surface area contributed by atoms with Gasteiger partial charge >= 0.3 is 5.97 Å². The number of nitrogens with one attached hydrogen (secondary N) is 1. The van der Waals surface area contributed by atoms with Gasteiger partial charge in [0, 0.05) is 13.1 Å². The molecule has 1 unspecified atom stereocenters. The maximum absolute atomic E-state index is 12.4. The summed E-state index contributed by atoms with van der Waals surface area (Å²) in [6.45, 7) is 4.28. The van der Waals surface area contributed by atoms with E-state index in [0.29, 0.717) is 12.3 Å². The number of hydrogen-bond donors (Lipinski definition) is 2. The Balaban J connectivity index is 2.20. The summed E-state index contributed by atoms with van der Waals surface area (Å²) in [5.74, 6) is -0.981. The SMILES string of the molecule is CC1(C)NCC(C(=O)O)CN(Cc2ccco2)C1=O. The van der Waals surface area contributed by atoms with Crippen LogP contribution in [0.25, 0.3) is 0 Å². The molecule has 104 valence electrons. The molecule has 2 rings (SSSR count). The van der Waals surface area contributed by atoms with Gasteiger partial charge in [0.1, 0.15) is 5.76 Å². The zero-order chi connectivity index (χ0) is 14.0. The summed E-state index contributed by atoms with van der Waals surface area (Å²) in [5, 5.41) is 12.2. The Hall–Kier alpha value is -1.82. The van der Waals surface area contributed by atoms with Gasteiger partial charge in [-0.15, -0.1) is 0 Å². The predicted octanol–water partition coefficient (Wildman–Crippen LogP) is 0.691. The van der Waals surface area contributed by atoms with Crippen molar-refractivity contribution in [2.24, 2.45) is 5.92 Å². The quantitative estimate of drug-likeness (QED) is 0.841. The van der Waals surface area contributed by atoms with Crippen molar-refractivity contribution < 1.29 is 19.1 Å². The van der Waals surface area contributed by atoms with E-state index in [4.69, 9.17) is 9.52 Å². The Labute approximate surface area is 111 Å². The highest BCUT2D eigenvalue weighted by Gasteiger charge is 2.38. The second-order valence-corrected chi connectivity index (χ2v) is 5.31. The molecule has 2 heterocycles. The highest BCUT2D eigenvalue weighted by atomic mass is 16.4. The number of aliphatic carboxylic acids is 1. The van der Waals surface area contributed by atoms with Crippen LogP contribution in [0.2, 0.25) is 0 Å². The van der Waals surface area contributed by atoms with Crippen molar-refractivity contribution in [3.05, 3.63) is 24.2 Å². The summed E-state index contributed by atoms with van der Waals surface area (Å²) in [6, 6.07) is 3.52. The summed E-state index contributed by atoms with van der Waals surface area (Å²) < 4.78 is 5.23. The summed E-state index contributed by atoms with van der Waals surface area (Å²) in [6.07, 6.45) is 1.54. The largest absolute Gasteiger partial charge is 0.481 e. The minimum atomic E-state index is -0.901. The van der Waals surface area contributed by atoms with Gasteiger partial charge in [-0.05, 0) is 26.0 Å².